The van der Waals surface area contributed by atoms with E-state index in [0.29, 0.717) is 18.1 Å². The van der Waals surface area contributed by atoms with Crippen molar-refractivity contribution in [2.75, 3.05) is 0 Å². The molecular formula is C10H9F3O2. The van der Waals surface area contributed by atoms with Gasteiger partial charge in [0.2, 0.25) is 0 Å². The molecular weight excluding hydrogens is 209 g/mol. The summed E-state index contributed by atoms with van der Waals surface area (Å²) in [7, 11) is 0. The van der Waals surface area contributed by atoms with Crippen LogP contribution in [-0.2, 0) is 12.6 Å². The molecule has 0 radical (unpaired) electrons. The Morgan fingerprint density at radius 1 is 1.40 bits per heavy atom. The summed E-state index contributed by atoms with van der Waals surface area (Å²) < 4.78 is 36.8. The molecule has 1 aromatic rings. The SMILES string of the molecule is CCc1ccc(C(F)(F)F)cc1C(=O)O. The summed E-state index contributed by atoms with van der Waals surface area (Å²) in [6.07, 6.45) is -4.11. The fraction of sp³-hybridized carbons (Fsp3) is 0.300. The molecule has 0 aliphatic rings. The minimum absolute atomic E-state index is 0.285. The number of alkyl halides is 3. The van der Waals surface area contributed by atoms with Crippen molar-refractivity contribution in [1.82, 2.24) is 0 Å². The number of carbonyl (C=O) groups is 1. The van der Waals surface area contributed by atoms with Crippen LogP contribution in [0.5, 0.6) is 0 Å². The lowest BCUT2D eigenvalue weighted by Crippen LogP contribution is -2.09. The molecule has 0 bridgehead atoms. The van der Waals surface area contributed by atoms with Gasteiger partial charge in [-0.15, -0.1) is 0 Å². The van der Waals surface area contributed by atoms with Gasteiger partial charge in [-0.3, -0.25) is 0 Å². The molecule has 15 heavy (non-hydrogen) atoms. The maximum Gasteiger partial charge on any atom is 0.416 e. The van der Waals surface area contributed by atoms with E-state index in [4.69, 9.17) is 5.11 Å². The molecule has 1 aromatic carbocycles. The van der Waals surface area contributed by atoms with Crippen LogP contribution < -0.4 is 0 Å². The van der Waals surface area contributed by atoms with Gasteiger partial charge in [-0.25, -0.2) is 4.79 Å². The molecule has 82 valence electrons. The van der Waals surface area contributed by atoms with Crippen molar-refractivity contribution < 1.29 is 23.1 Å². The maximum atomic E-state index is 12.3. The molecule has 0 fully saturated rings. The van der Waals surface area contributed by atoms with Crippen molar-refractivity contribution in [3.05, 3.63) is 34.9 Å². The highest BCUT2D eigenvalue weighted by Crippen LogP contribution is 2.30. The number of carboxylic acid groups (broad SMARTS) is 1. The first kappa shape index (κ1) is 11.6. The minimum Gasteiger partial charge on any atom is -0.478 e. The highest BCUT2D eigenvalue weighted by Gasteiger charge is 2.31. The number of hydrogen-bond acceptors (Lipinski definition) is 1. The van der Waals surface area contributed by atoms with Gasteiger partial charge in [-0.2, -0.15) is 13.2 Å². The van der Waals surface area contributed by atoms with Gasteiger partial charge in [0.1, 0.15) is 0 Å². The lowest BCUT2D eigenvalue weighted by Gasteiger charge is -2.09. The van der Waals surface area contributed by atoms with Crippen LogP contribution in [0.4, 0.5) is 13.2 Å². The molecule has 0 saturated carbocycles. The monoisotopic (exact) mass is 218 g/mol. The largest absolute Gasteiger partial charge is 0.478 e. The lowest BCUT2D eigenvalue weighted by molar-refractivity contribution is -0.137. The number of halogens is 3. The summed E-state index contributed by atoms with van der Waals surface area (Å²) in [4.78, 5) is 10.7. The smallest absolute Gasteiger partial charge is 0.416 e. The van der Waals surface area contributed by atoms with E-state index in [9.17, 15) is 18.0 Å². The zero-order valence-corrected chi connectivity index (χ0v) is 7.93. The highest BCUT2D eigenvalue weighted by atomic mass is 19.4. The predicted octanol–water partition coefficient (Wildman–Crippen LogP) is 2.97. The topological polar surface area (TPSA) is 37.3 Å². The Labute approximate surface area is 84.3 Å². The highest BCUT2D eigenvalue weighted by molar-refractivity contribution is 5.89. The van der Waals surface area contributed by atoms with Crippen LogP contribution >= 0.6 is 0 Å². The number of hydrogen-bond donors (Lipinski definition) is 1. The number of benzene rings is 1. The number of aryl methyl sites for hydroxylation is 1. The molecule has 0 spiro atoms. The third-order valence-electron chi connectivity index (χ3n) is 2.05. The summed E-state index contributed by atoms with van der Waals surface area (Å²) in [5, 5.41) is 8.72. The third kappa shape index (κ3) is 2.49. The average Bonchev–Trinajstić information content (AvgIpc) is 2.15. The first-order valence-corrected chi connectivity index (χ1v) is 4.29. The summed E-state index contributed by atoms with van der Waals surface area (Å²) in [6.45, 7) is 1.69. The van der Waals surface area contributed by atoms with Crippen LogP contribution in [0.1, 0.15) is 28.4 Å². The molecule has 0 unspecified atom stereocenters. The lowest BCUT2D eigenvalue weighted by atomic mass is 10.0. The molecule has 0 saturated heterocycles. The zero-order valence-electron chi connectivity index (χ0n) is 7.93. The van der Waals surface area contributed by atoms with Gasteiger partial charge >= 0.3 is 12.1 Å². The van der Waals surface area contributed by atoms with Crippen molar-refractivity contribution in [1.29, 1.82) is 0 Å². The molecule has 2 nitrogen and oxygen atoms in total. The fourth-order valence-electron chi connectivity index (χ4n) is 1.26. The Bertz CT molecular complexity index is 383. The predicted molar refractivity (Wildman–Crippen MR) is 47.8 cm³/mol. The fourth-order valence-corrected chi connectivity index (χ4v) is 1.26. The Morgan fingerprint density at radius 2 is 2.00 bits per heavy atom. The first-order valence-electron chi connectivity index (χ1n) is 4.29. The van der Waals surface area contributed by atoms with Crippen LogP contribution in [0, 0.1) is 0 Å². The van der Waals surface area contributed by atoms with Gasteiger partial charge in [-0.1, -0.05) is 13.0 Å². The van der Waals surface area contributed by atoms with Gasteiger partial charge in [0, 0.05) is 0 Å². The Kier molecular flexibility index (Phi) is 3.02. The van der Waals surface area contributed by atoms with Crippen molar-refractivity contribution >= 4 is 5.97 Å². The zero-order chi connectivity index (χ0) is 11.6. The maximum absolute atomic E-state index is 12.3. The molecule has 1 N–H and O–H groups in total. The van der Waals surface area contributed by atoms with Crippen LogP contribution in [0.25, 0.3) is 0 Å². The number of carboxylic acids is 1. The molecule has 0 aromatic heterocycles. The first-order chi connectivity index (χ1) is 6.86. The van der Waals surface area contributed by atoms with Crippen molar-refractivity contribution in [3.63, 3.8) is 0 Å². The van der Waals surface area contributed by atoms with E-state index in [1.54, 1.807) is 6.92 Å². The summed E-state index contributed by atoms with van der Waals surface area (Å²) in [5.41, 5.74) is -0.820. The molecule has 0 heterocycles. The van der Waals surface area contributed by atoms with E-state index in [2.05, 4.69) is 0 Å². The average molecular weight is 218 g/mol. The Morgan fingerprint density at radius 3 is 2.40 bits per heavy atom. The van der Waals surface area contributed by atoms with Crippen molar-refractivity contribution in [3.8, 4) is 0 Å². The van der Waals surface area contributed by atoms with Gasteiger partial charge in [0.25, 0.3) is 0 Å². The van der Waals surface area contributed by atoms with E-state index in [1.165, 1.54) is 6.07 Å². The van der Waals surface area contributed by atoms with Gasteiger partial charge < -0.3 is 5.11 Å². The van der Waals surface area contributed by atoms with Crippen molar-refractivity contribution in [2.45, 2.75) is 19.5 Å². The third-order valence-corrected chi connectivity index (χ3v) is 2.05. The van der Waals surface area contributed by atoms with Gasteiger partial charge in [0.15, 0.2) is 0 Å². The molecule has 0 amide bonds. The summed E-state index contributed by atoms with van der Waals surface area (Å²) >= 11 is 0. The van der Waals surface area contributed by atoms with Crippen LogP contribution in [0.2, 0.25) is 0 Å². The molecule has 1 rings (SSSR count). The standard InChI is InChI=1S/C10H9F3O2/c1-2-6-3-4-7(10(11,12)13)5-8(6)9(14)15/h3-5H,2H2,1H3,(H,14,15). The van der Waals surface area contributed by atoms with E-state index < -0.39 is 17.7 Å². The molecule has 0 aliphatic carbocycles. The molecule has 0 aliphatic heterocycles. The normalized spacial score (nSPS) is 11.5. The second-order valence-electron chi connectivity index (χ2n) is 3.03. The molecule has 0 atom stereocenters. The van der Waals surface area contributed by atoms with Gasteiger partial charge in [0.05, 0.1) is 11.1 Å². The van der Waals surface area contributed by atoms with Crippen LogP contribution in [-0.4, -0.2) is 11.1 Å². The van der Waals surface area contributed by atoms with E-state index >= 15 is 0 Å². The summed E-state index contributed by atoms with van der Waals surface area (Å²) in [6, 6.07) is 2.76. The van der Waals surface area contributed by atoms with Gasteiger partial charge in [-0.05, 0) is 24.1 Å². The molecule has 5 heteroatoms. The number of aromatic carboxylic acids is 1. The van der Waals surface area contributed by atoms with E-state index in [0.717, 1.165) is 6.07 Å². The van der Waals surface area contributed by atoms with Crippen LogP contribution in [0.15, 0.2) is 18.2 Å². The number of rotatable bonds is 2. The summed E-state index contributed by atoms with van der Waals surface area (Å²) in [5.74, 6) is -1.34. The van der Waals surface area contributed by atoms with Crippen molar-refractivity contribution in [2.24, 2.45) is 0 Å². The Balaban J connectivity index is 3.28. The van der Waals surface area contributed by atoms with E-state index in [1.807, 2.05) is 0 Å². The second kappa shape index (κ2) is 3.92. The van der Waals surface area contributed by atoms with E-state index in [-0.39, 0.29) is 5.56 Å². The Hall–Kier alpha value is -1.52. The van der Waals surface area contributed by atoms with Crippen LogP contribution in [0.3, 0.4) is 0 Å². The second-order valence-corrected chi connectivity index (χ2v) is 3.03. The minimum atomic E-state index is -4.50. The quantitative estimate of drug-likeness (QED) is 0.828.